The molecule has 0 aromatic heterocycles. The Morgan fingerprint density at radius 1 is 1.13 bits per heavy atom. The Morgan fingerprint density at radius 2 is 1.73 bits per heavy atom. The molecule has 1 heterocycles. The van der Waals surface area contributed by atoms with E-state index in [0.717, 1.165) is 0 Å². The summed E-state index contributed by atoms with van der Waals surface area (Å²) in [7, 11) is 0. The van der Waals surface area contributed by atoms with Gasteiger partial charge in [-0.25, -0.2) is 4.79 Å². The summed E-state index contributed by atoms with van der Waals surface area (Å²) in [5.41, 5.74) is 0.854. The average Bonchev–Trinajstić information content (AvgIpc) is 2.23. The highest BCUT2D eigenvalue weighted by Crippen LogP contribution is 2.24. The first-order chi connectivity index (χ1) is 7.11. The van der Waals surface area contributed by atoms with Crippen molar-refractivity contribution in [3.8, 4) is 0 Å². The molecule has 3 heteroatoms. The summed E-state index contributed by atoms with van der Waals surface area (Å²) in [6, 6.07) is 6.77. The molecule has 1 aliphatic rings. The van der Waals surface area contributed by atoms with Gasteiger partial charge in [0.05, 0.1) is 5.56 Å². The van der Waals surface area contributed by atoms with Crippen LogP contribution in [0.3, 0.4) is 0 Å². The van der Waals surface area contributed by atoms with Crippen molar-refractivity contribution < 1.29 is 14.3 Å². The number of ether oxygens (including phenoxy) is 1. The molecular formula is C12H12O3. The second kappa shape index (κ2) is 3.50. The highest BCUT2D eigenvalue weighted by atomic mass is 16.5. The van der Waals surface area contributed by atoms with Crippen LogP contribution in [0.1, 0.15) is 34.6 Å². The average molecular weight is 204 g/mol. The molecule has 0 saturated carbocycles. The number of esters is 1. The molecule has 0 N–H and O–H groups in total. The Morgan fingerprint density at radius 3 is 2.33 bits per heavy atom. The fourth-order valence-electron chi connectivity index (χ4n) is 1.70. The minimum Gasteiger partial charge on any atom is -0.450 e. The molecule has 0 bridgehead atoms. The Labute approximate surface area is 88.1 Å². The zero-order valence-electron chi connectivity index (χ0n) is 8.69. The predicted octanol–water partition coefficient (Wildman–Crippen LogP) is 2.06. The normalized spacial score (nSPS) is 20.1. The van der Waals surface area contributed by atoms with Gasteiger partial charge in [0.1, 0.15) is 0 Å². The van der Waals surface area contributed by atoms with E-state index in [1.807, 2.05) is 13.8 Å². The Hall–Kier alpha value is -1.64. The van der Waals surface area contributed by atoms with Crippen LogP contribution in [0.15, 0.2) is 24.3 Å². The van der Waals surface area contributed by atoms with Crippen molar-refractivity contribution in [3.05, 3.63) is 35.4 Å². The molecule has 0 spiro atoms. The van der Waals surface area contributed by atoms with Gasteiger partial charge in [-0.15, -0.1) is 0 Å². The van der Waals surface area contributed by atoms with Crippen molar-refractivity contribution >= 4 is 11.8 Å². The van der Waals surface area contributed by atoms with Crippen LogP contribution < -0.4 is 0 Å². The third-order valence-corrected chi connectivity index (χ3v) is 2.51. The fraction of sp³-hybridized carbons (Fsp3) is 0.333. The number of rotatable bonds is 1. The molecule has 78 valence electrons. The highest BCUT2D eigenvalue weighted by Gasteiger charge is 2.35. The lowest BCUT2D eigenvalue weighted by molar-refractivity contribution is 0.0149. The van der Waals surface area contributed by atoms with Gasteiger partial charge in [-0.2, -0.15) is 0 Å². The number of Topliss-reactive ketones (excluding diaryl/α,β-unsaturated/α-hetero) is 1. The van der Waals surface area contributed by atoms with Crippen LogP contribution in [0, 0.1) is 5.92 Å². The number of ketones is 1. The van der Waals surface area contributed by atoms with Gasteiger partial charge in [0.15, 0.2) is 6.10 Å². The smallest absolute Gasteiger partial charge is 0.339 e. The summed E-state index contributed by atoms with van der Waals surface area (Å²) in [4.78, 5) is 23.5. The molecule has 15 heavy (non-hydrogen) atoms. The van der Waals surface area contributed by atoms with Gasteiger partial charge in [-0.3, -0.25) is 4.79 Å². The van der Waals surface area contributed by atoms with Crippen molar-refractivity contribution in [2.24, 2.45) is 5.92 Å². The molecule has 1 aromatic rings. The predicted molar refractivity (Wildman–Crippen MR) is 54.8 cm³/mol. The van der Waals surface area contributed by atoms with Gasteiger partial charge in [-0.05, 0) is 12.0 Å². The maximum atomic E-state index is 11.9. The minimum absolute atomic E-state index is 0.00908. The van der Waals surface area contributed by atoms with Crippen molar-refractivity contribution in [1.82, 2.24) is 0 Å². The molecule has 0 amide bonds. The van der Waals surface area contributed by atoms with Crippen molar-refractivity contribution in [1.29, 1.82) is 0 Å². The van der Waals surface area contributed by atoms with Gasteiger partial charge < -0.3 is 4.74 Å². The van der Waals surface area contributed by atoms with Crippen LogP contribution in [0.2, 0.25) is 0 Å². The Bertz CT molecular complexity index is 421. The van der Waals surface area contributed by atoms with Crippen LogP contribution in [-0.4, -0.2) is 17.9 Å². The maximum absolute atomic E-state index is 11.9. The first-order valence-corrected chi connectivity index (χ1v) is 4.95. The van der Waals surface area contributed by atoms with Crippen molar-refractivity contribution in [3.63, 3.8) is 0 Å². The summed E-state index contributed by atoms with van der Waals surface area (Å²) in [5.74, 6) is -0.487. The van der Waals surface area contributed by atoms with Crippen LogP contribution in [0.4, 0.5) is 0 Å². The second-order valence-electron chi connectivity index (χ2n) is 3.98. The van der Waals surface area contributed by atoms with E-state index < -0.39 is 12.1 Å². The monoisotopic (exact) mass is 204 g/mol. The van der Waals surface area contributed by atoms with E-state index >= 15 is 0 Å². The molecule has 1 unspecified atom stereocenters. The lowest BCUT2D eigenvalue weighted by Crippen LogP contribution is -2.37. The molecule has 0 fully saturated rings. The highest BCUT2D eigenvalue weighted by molar-refractivity contribution is 6.12. The molecule has 3 nitrogen and oxygen atoms in total. The first kappa shape index (κ1) is 9.90. The number of hydrogen-bond acceptors (Lipinski definition) is 3. The van der Waals surface area contributed by atoms with Crippen molar-refractivity contribution in [2.45, 2.75) is 20.0 Å². The van der Waals surface area contributed by atoms with Gasteiger partial charge in [0, 0.05) is 5.56 Å². The fourth-order valence-corrected chi connectivity index (χ4v) is 1.70. The molecular weight excluding hydrogens is 192 g/mol. The maximum Gasteiger partial charge on any atom is 0.339 e. The molecule has 0 aliphatic carbocycles. The van der Waals surface area contributed by atoms with E-state index in [9.17, 15) is 9.59 Å². The second-order valence-corrected chi connectivity index (χ2v) is 3.98. The van der Waals surface area contributed by atoms with E-state index in [1.54, 1.807) is 24.3 Å². The van der Waals surface area contributed by atoms with E-state index in [-0.39, 0.29) is 11.7 Å². The zero-order chi connectivity index (χ0) is 11.0. The Balaban J connectivity index is 2.49. The summed E-state index contributed by atoms with van der Waals surface area (Å²) in [6.07, 6.45) is -0.632. The summed E-state index contributed by atoms with van der Waals surface area (Å²) in [5, 5.41) is 0. The topological polar surface area (TPSA) is 43.4 Å². The first-order valence-electron chi connectivity index (χ1n) is 4.95. The summed E-state index contributed by atoms with van der Waals surface area (Å²) in [6.45, 7) is 3.73. The summed E-state index contributed by atoms with van der Waals surface area (Å²) < 4.78 is 5.10. The van der Waals surface area contributed by atoms with Crippen LogP contribution >= 0.6 is 0 Å². The standard InChI is InChI=1S/C12H12O3/c1-7(2)11-10(13)8-5-3-4-6-9(8)12(14)15-11/h3-7,11H,1-2H3. The molecule has 0 radical (unpaired) electrons. The van der Waals surface area contributed by atoms with Gasteiger partial charge in [0.25, 0.3) is 0 Å². The molecule has 1 aromatic carbocycles. The molecule has 0 saturated heterocycles. The number of benzene rings is 1. The van der Waals surface area contributed by atoms with Crippen molar-refractivity contribution in [2.75, 3.05) is 0 Å². The molecule has 1 aliphatic heterocycles. The third kappa shape index (κ3) is 1.54. The quantitative estimate of drug-likeness (QED) is 0.657. The largest absolute Gasteiger partial charge is 0.450 e. The number of cyclic esters (lactones) is 1. The van der Waals surface area contributed by atoms with Crippen LogP contribution in [0.5, 0.6) is 0 Å². The van der Waals surface area contributed by atoms with Crippen LogP contribution in [0.25, 0.3) is 0 Å². The van der Waals surface area contributed by atoms with E-state index in [1.165, 1.54) is 0 Å². The molecule has 2 rings (SSSR count). The molecule has 1 atom stereocenters. The lowest BCUT2D eigenvalue weighted by Gasteiger charge is -2.25. The van der Waals surface area contributed by atoms with E-state index in [4.69, 9.17) is 4.74 Å². The Kier molecular flexibility index (Phi) is 2.31. The number of fused-ring (bicyclic) bond motifs is 1. The number of hydrogen-bond donors (Lipinski definition) is 0. The number of carbonyl (C=O) groups is 2. The van der Waals surface area contributed by atoms with Gasteiger partial charge >= 0.3 is 5.97 Å². The third-order valence-electron chi connectivity index (χ3n) is 2.51. The van der Waals surface area contributed by atoms with E-state index in [0.29, 0.717) is 11.1 Å². The summed E-state index contributed by atoms with van der Waals surface area (Å²) >= 11 is 0. The lowest BCUT2D eigenvalue weighted by atomic mass is 9.92. The zero-order valence-corrected chi connectivity index (χ0v) is 8.69. The van der Waals surface area contributed by atoms with E-state index in [2.05, 4.69) is 0 Å². The van der Waals surface area contributed by atoms with Gasteiger partial charge in [0.2, 0.25) is 5.78 Å². The van der Waals surface area contributed by atoms with Crippen LogP contribution in [-0.2, 0) is 4.74 Å². The SMILES string of the molecule is CC(C)C1OC(=O)c2ccccc2C1=O. The minimum atomic E-state index is -0.632. The number of carbonyl (C=O) groups excluding carboxylic acids is 2. The van der Waals surface area contributed by atoms with Gasteiger partial charge in [-0.1, -0.05) is 32.0 Å².